The Morgan fingerprint density at radius 3 is 2.48 bits per heavy atom. The van der Waals surface area contributed by atoms with Crippen molar-refractivity contribution in [3.63, 3.8) is 0 Å². The van der Waals surface area contributed by atoms with Crippen molar-refractivity contribution in [2.24, 2.45) is 23.7 Å². The Balaban J connectivity index is 1.35. The van der Waals surface area contributed by atoms with Crippen molar-refractivity contribution in [2.45, 2.75) is 69.6 Å². The molecule has 5 nitrogen and oxygen atoms in total. The number of benzene rings is 1. The van der Waals surface area contributed by atoms with Crippen LogP contribution in [0.3, 0.4) is 0 Å². The first-order chi connectivity index (χ1) is 14.8. The normalized spacial score (nSPS) is 29.1. The van der Waals surface area contributed by atoms with Gasteiger partial charge in [-0.1, -0.05) is 37.2 Å². The molecular weight excluding hydrogens is 430 g/mol. The molecule has 0 spiro atoms. The van der Waals surface area contributed by atoms with E-state index < -0.39 is 0 Å². The minimum atomic E-state index is -0.0700. The van der Waals surface area contributed by atoms with Crippen LogP contribution in [-0.4, -0.2) is 26.8 Å². The summed E-state index contributed by atoms with van der Waals surface area (Å²) in [5, 5.41) is 5.13. The number of fused-ring (bicyclic) bond motifs is 1. The van der Waals surface area contributed by atoms with Crippen molar-refractivity contribution in [2.75, 3.05) is 5.75 Å². The van der Waals surface area contributed by atoms with Gasteiger partial charge in [0, 0.05) is 17.1 Å². The molecule has 1 aromatic carbocycles. The van der Waals surface area contributed by atoms with E-state index in [9.17, 15) is 9.59 Å². The van der Waals surface area contributed by atoms with Crippen LogP contribution in [0, 0.1) is 23.7 Å². The first kappa shape index (κ1) is 21.3. The summed E-state index contributed by atoms with van der Waals surface area (Å²) < 4.78 is 1.71. The van der Waals surface area contributed by atoms with Gasteiger partial charge in [-0.25, -0.2) is 4.98 Å². The molecule has 1 aromatic heterocycles. The molecule has 4 aliphatic carbocycles. The number of aromatic nitrogens is 2. The Morgan fingerprint density at radius 2 is 1.87 bits per heavy atom. The second-order valence-electron chi connectivity index (χ2n) is 10.4. The number of nitrogens with one attached hydrogen (secondary N) is 1. The second-order valence-corrected chi connectivity index (χ2v) is 11.8. The Morgan fingerprint density at radius 1 is 1.23 bits per heavy atom. The average molecular weight is 460 g/mol. The van der Waals surface area contributed by atoms with Crippen LogP contribution in [0.1, 0.15) is 52.4 Å². The summed E-state index contributed by atoms with van der Waals surface area (Å²) in [6, 6.07) is 5.17. The van der Waals surface area contributed by atoms with Crippen LogP contribution in [0.4, 0.5) is 0 Å². The van der Waals surface area contributed by atoms with E-state index in [0.29, 0.717) is 33.5 Å². The first-order valence-corrected chi connectivity index (χ1v) is 12.8. The first-order valence-electron chi connectivity index (χ1n) is 11.4. The third-order valence-electron chi connectivity index (χ3n) is 7.21. The molecule has 0 radical (unpaired) electrons. The molecule has 1 heterocycles. The minimum Gasteiger partial charge on any atom is -0.350 e. The van der Waals surface area contributed by atoms with Crippen molar-refractivity contribution in [1.29, 1.82) is 0 Å². The number of carbonyl (C=O) groups excluding carboxylic acids is 1. The fourth-order valence-electron chi connectivity index (χ4n) is 6.54. The summed E-state index contributed by atoms with van der Waals surface area (Å²) in [4.78, 5) is 30.8. The number of halogens is 1. The summed E-state index contributed by atoms with van der Waals surface area (Å²) in [6.45, 7) is 4.72. The van der Waals surface area contributed by atoms with Gasteiger partial charge >= 0.3 is 0 Å². The lowest BCUT2D eigenvalue weighted by atomic mass is 9.53. The maximum Gasteiger partial charge on any atom is 0.262 e. The lowest BCUT2D eigenvalue weighted by molar-refractivity contribution is -0.124. The Bertz CT molecular complexity index is 1050. The molecule has 0 unspecified atom stereocenters. The quantitative estimate of drug-likeness (QED) is 0.493. The molecule has 2 aromatic rings. The zero-order valence-electron chi connectivity index (χ0n) is 18.2. The van der Waals surface area contributed by atoms with Crippen molar-refractivity contribution in [3.8, 4) is 0 Å². The molecule has 4 bridgehead atoms. The van der Waals surface area contributed by atoms with Gasteiger partial charge in [0.1, 0.15) is 0 Å². The summed E-state index contributed by atoms with van der Waals surface area (Å²) in [5.41, 5.74) is 0.523. The van der Waals surface area contributed by atoms with Gasteiger partial charge in [-0.3, -0.25) is 14.2 Å². The van der Waals surface area contributed by atoms with Gasteiger partial charge in [0.2, 0.25) is 5.91 Å². The lowest BCUT2D eigenvalue weighted by Crippen LogP contribution is -2.60. The molecule has 166 valence electrons. The fraction of sp³-hybridized carbons (Fsp3) is 0.625. The number of hydrogen-bond acceptors (Lipinski definition) is 4. The fourth-order valence-corrected chi connectivity index (χ4v) is 7.51. The van der Waals surface area contributed by atoms with Crippen LogP contribution < -0.4 is 10.9 Å². The van der Waals surface area contributed by atoms with Gasteiger partial charge in [-0.05, 0) is 80.4 Å². The highest BCUT2D eigenvalue weighted by molar-refractivity contribution is 7.99. The zero-order chi connectivity index (χ0) is 21.8. The number of hydrogen-bond donors (Lipinski definition) is 1. The number of carbonyl (C=O) groups is 1. The van der Waals surface area contributed by atoms with Gasteiger partial charge in [0.15, 0.2) is 5.16 Å². The number of rotatable bonds is 6. The Kier molecular flexibility index (Phi) is 5.58. The lowest BCUT2D eigenvalue weighted by Gasteiger charge is -2.56. The molecule has 1 N–H and O–H groups in total. The van der Waals surface area contributed by atoms with Gasteiger partial charge in [0.25, 0.3) is 5.56 Å². The smallest absolute Gasteiger partial charge is 0.262 e. The van der Waals surface area contributed by atoms with Crippen LogP contribution in [0.25, 0.3) is 10.9 Å². The minimum absolute atomic E-state index is 0.00827. The maximum absolute atomic E-state index is 13.1. The summed E-state index contributed by atoms with van der Waals surface area (Å²) in [6.07, 6.45) is 7.49. The number of nitrogens with zero attached hydrogens (tertiary/aromatic N) is 2. The monoisotopic (exact) mass is 459 g/mol. The second kappa shape index (κ2) is 8.11. The number of amides is 1. The summed E-state index contributed by atoms with van der Waals surface area (Å²) >= 11 is 7.48. The topological polar surface area (TPSA) is 64.0 Å². The molecule has 1 amide bonds. The molecule has 0 atom stereocenters. The van der Waals surface area contributed by atoms with Gasteiger partial charge in [-0.15, -0.1) is 0 Å². The standard InChI is InChI=1S/C24H30ClN3O2S/c1-14(2)12-28-22(30)19-4-3-18(25)8-20(19)26-23(28)31-13-21(29)27-24-9-15-5-16(10-24)7-17(6-15)11-24/h3-4,8,14-17H,5-7,9-13H2,1-2H3,(H,27,29). The third-order valence-corrected chi connectivity index (χ3v) is 8.42. The van der Waals surface area contributed by atoms with E-state index in [1.165, 1.54) is 31.0 Å². The van der Waals surface area contributed by atoms with Crippen LogP contribution in [0.15, 0.2) is 28.2 Å². The average Bonchev–Trinajstić information content (AvgIpc) is 2.67. The zero-order valence-corrected chi connectivity index (χ0v) is 19.8. The highest BCUT2D eigenvalue weighted by Gasteiger charge is 2.51. The van der Waals surface area contributed by atoms with E-state index in [1.54, 1.807) is 22.8 Å². The van der Waals surface area contributed by atoms with E-state index in [4.69, 9.17) is 16.6 Å². The summed E-state index contributed by atoms with van der Waals surface area (Å²) in [7, 11) is 0. The van der Waals surface area contributed by atoms with Crippen LogP contribution in [0.2, 0.25) is 5.02 Å². The maximum atomic E-state index is 13.1. The molecule has 4 aliphatic rings. The Hall–Kier alpha value is -1.53. The van der Waals surface area contributed by atoms with Crippen LogP contribution >= 0.6 is 23.4 Å². The largest absolute Gasteiger partial charge is 0.350 e. The van der Waals surface area contributed by atoms with Gasteiger partial charge in [0.05, 0.1) is 16.7 Å². The predicted molar refractivity (Wildman–Crippen MR) is 126 cm³/mol. The van der Waals surface area contributed by atoms with Gasteiger partial charge in [-0.2, -0.15) is 0 Å². The van der Waals surface area contributed by atoms with E-state index in [0.717, 1.165) is 37.0 Å². The van der Waals surface area contributed by atoms with Crippen LogP contribution in [0.5, 0.6) is 0 Å². The molecule has 0 saturated heterocycles. The van der Waals surface area contributed by atoms with Gasteiger partial charge < -0.3 is 5.32 Å². The highest BCUT2D eigenvalue weighted by atomic mass is 35.5. The third kappa shape index (κ3) is 4.25. The number of thioether (sulfide) groups is 1. The van der Waals surface area contributed by atoms with E-state index in [1.807, 2.05) is 0 Å². The van der Waals surface area contributed by atoms with E-state index in [-0.39, 0.29) is 22.8 Å². The van der Waals surface area contributed by atoms with Crippen molar-refractivity contribution in [1.82, 2.24) is 14.9 Å². The molecule has 7 heteroatoms. The molecule has 4 fully saturated rings. The predicted octanol–water partition coefficient (Wildman–Crippen LogP) is 4.88. The SMILES string of the molecule is CC(C)Cn1c(SCC(=O)NC23CC4CC(CC(C4)C2)C3)nc2cc(Cl)ccc2c1=O. The molecule has 6 rings (SSSR count). The molecule has 4 saturated carbocycles. The van der Waals surface area contributed by atoms with Crippen LogP contribution in [-0.2, 0) is 11.3 Å². The molecule has 0 aliphatic heterocycles. The van der Waals surface area contributed by atoms with Crippen molar-refractivity contribution in [3.05, 3.63) is 33.6 Å². The Labute approximate surface area is 192 Å². The molecular formula is C24H30ClN3O2S. The summed E-state index contributed by atoms with van der Waals surface area (Å²) in [5.74, 6) is 3.01. The van der Waals surface area contributed by atoms with E-state index >= 15 is 0 Å². The van der Waals surface area contributed by atoms with E-state index in [2.05, 4.69) is 19.2 Å². The van der Waals surface area contributed by atoms with Crippen molar-refractivity contribution < 1.29 is 4.79 Å². The highest BCUT2D eigenvalue weighted by Crippen LogP contribution is 2.55. The van der Waals surface area contributed by atoms with Crippen molar-refractivity contribution >= 4 is 40.2 Å². The molecule has 31 heavy (non-hydrogen) atoms.